The molecule has 2 rings (SSSR count). The van der Waals surface area contributed by atoms with Crippen molar-refractivity contribution in [3.63, 3.8) is 0 Å². The first-order valence-electron chi connectivity index (χ1n) is 7.64. The fraction of sp³-hybridized carbons (Fsp3) is 0.800. The van der Waals surface area contributed by atoms with Crippen molar-refractivity contribution in [1.29, 1.82) is 0 Å². The molecule has 5 heteroatoms. The first-order valence-corrected chi connectivity index (χ1v) is 8.45. The molecule has 20 heavy (non-hydrogen) atoms. The highest BCUT2D eigenvalue weighted by Crippen LogP contribution is 2.19. The quantitative estimate of drug-likeness (QED) is 0.866. The number of thiazole rings is 1. The molecule has 0 bridgehead atoms. The van der Waals surface area contributed by atoms with E-state index < -0.39 is 0 Å². The summed E-state index contributed by atoms with van der Waals surface area (Å²) in [5.74, 6) is 0. The summed E-state index contributed by atoms with van der Waals surface area (Å²) in [6.45, 7) is 13.4. The maximum Gasteiger partial charge on any atom is 0.0944 e. The second-order valence-electron chi connectivity index (χ2n) is 6.05. The topological polar surface area (TPSA) is 31.4 Å². The van der Waals surface area contributed by atoms with Crippen LogP contribution in [-0.4, -0.2) is 60.6 Å². The lowest BCUT2D eigenvalue weighted by Crippen LogP contribution is -2.45. The molecule has 2 heterocycles. The number of piperazine rings is 1. The van der Waals surface area contributed by atoms with Gasteiger partial charge in [-0.15, -0.1) is 11.3 Å². The van der Waals surface area contributed by atoms with Gasteiger partial charge in [0.25, 0.3) is 0 Å². The van der Waals surface area contributed by atoms with Crippen molar-refractivity contribution >= 4 is 11.3 Å². The molecule has 1 aromatic rings. The highest BCUT2D eigenvalue weighted by molar-refractivity contribution is 7.11. The van der Waals surface area contributed by atoms with Gasteiger partial charge in [0.2, 0.25) is 0 Å². The summed E-state index contributed by atoms with van der Waals surface area (Å²) in [6.07, 6.45) is 1.09. The van der Waals surface area contributed by atoms with Crippen LogP contribution in [0.1, 0.15) is 29.4 Å². The summed E-state index contributed by atoms with van der Waals surface area (Å²) in [7, 11) is 2.20. The summed E-state index contributed by atoms with van der Waals surface area (Å²) < 4.78 is 0. The van der Waals surface area contributed by atoms with E-state index >= 15 is 0 Å². The third-order valence-corrected chi connectivity index (χ3v) is 5.06. The van der Waals surface area contributed by atoms with Gasteiger partial charge in [-0.1, -0.05) is 13.8 Å². The van der Waals surface area contributed by atoms with Gasteiger partial charge >= 0.3 is 0 Å². The Balaban J connectivity index is 1.79. The van der Waals surface area contributed by atoms with E-state index in [9.17, 15) is 0 Å². The Morgan fingerprint density at radius 2 is 1.95 bits per heavy atom. The SMILES string of the molecule is Cc1nc(CCN2CCN(C)CC2)sc1CNC(C)C. The number of aromatic nitrogens is 1. The molecular weight excluding hydrogens is 268 g/mol. The first-order chi connectivity index (χ1) is 9.54. The Hall–Kier alpha value is -0.490. The highest BCUT2D eigenvalue weighted by Gasteiger charge is 2.14. The van der Waals surface area contributed by atoms with Gasteiger partial charge in [0.05, 0.1) is 10.7 Å². The standard InChI is InChI=1S/C15H28N4S/c1-12(2)16-11-14-13(3)17-15(20-14)5-6-19-9-7-18(4)8-10-19/h12,16H,5-11H2,1-4H3. The molecule has 114 valence electrons. The molecule has 0 radical (unpaired) electrons. The minimum Gasteiger partial charge on any atom is -0.310 e. The van der Waals surface area contributed by atoms with Crippen LogP contribution in [0.2, 0.25) is 0 Å². The Morgan fingerprint density at radius 3 is 2.60 bits per heavy atom. The number of aryl methyl sites for hydroxylation is 1. The van der Waals surface area contributed by atoms with Crippen LogP contribution >= 0.6 is 11.3 Å². The molecule has 0 unspecified atom stereocenters. The van der Waals surface area contributed by atoms with Gasteiger partial charge < -0.3 is 15.1 Å². The predicted molar refractivity (Wildman–Crippen MR) is 86.5 cm³/mol. The molecule has 0 amide bonds. The van der Waals surface area contributed by atoms with E-state index in [1.165, 1.54) is 41.8 Å². The average molecular weight is 296 g/mol. The molecule has 0 aliphatic carbocycles. The fourth-order valence-electron chi connectivity index (χ4n) is 2.38. The summed E-state index contributed by atoms with van der Waals surface area (Å²) in [4.78, 5) is 11.1. The predicted octanol–water partition coefficient (Wildman–Crippen LogP) is 1.74. The molecule has 1 N–H and O–H groups in total. The van der Waals surface area contributed by atoms with Gasteiger partial charge in [-0.3, -0.25) is 0 Å². The molecule has 4 nitrogen and oxygen atoms in total. The van der Waals surface area contributed by atoms with Gasteiger partial charge in [0.1, 0.15) is 0 Å². The van der Waals surface area contributed by atoms with Gasteiger partial charge in [0.15, 0.2) is 0 Å². The van der Waals surface area contributed by atoms with E-state index in [0.717, 1.165) is 19.5 Å². The van der Waals surface area contributed by atoms with E-state index in [2.05, 4.69) is 42.9 Å². The van der Waals surface area contributed by atoms with Crippen LogP contribution in [0, 0.1) is 6.92 Å². The van der Waals surface area contributed by atoms with E-state index in [1.54, 1.807) is 0 Å². The molecule has 0 atom stereocenters. The van der Waals surface area contributed by atoms with Gasteiger partial charge in [-0.25, -0.2) is 4.98 Å². The lowest BCUT2D eigenvalue weighted by atomic mass is 10.3. The zero-order valence-electron chi connectivity index (χ0n) is 13.3. The first kappa shape index (κ1) is 15.9. The molecular formula is C15H28N4S. The Bertz CT molecular complexity index is 408. The van der Waals surface area contributed by atoms with Crippen LogP contribution in [-0.2, 0) is 13.0 Å². The molecule has 1 saturated heterocycles. The van der Waals surface area contributed by atoms with Gasteiger partial charge in [0, 0.05) is 56.6 Å². The van der Waals surface area contributed by atoms with Crippen molar-refractivity contribution in [3.05, 3.63) is 15.6 Å². The van der Waals surface area contributed by atoms with Crippen molar-refractivity contribution in [3.8, 4) is 0 Å². The Labute approximate surface area is 127 Å². The van der Waals surface area contributed by atoms with Gasteiger partial charge in [-0.2, -0.15) is 0 Å². The van der Waals surface area contributed by atoms with Crippen molar-refractivity contribution in [2.24, 2.45) is 0 Å². The summed E-state index contributed by atoms with van der Waals surface area (Å²) in [5, 5.41) is 4.77. The Morgan fingerprint density at radius 1 is 1.25 bits per heavy atom. The Kier molecular flexibility index (Phi) is 5.96. The van der Waals surface area contributed by atoms with E-state index in [1.807, 2.05) is 11.3 Å². The number of nitrogens with zero attached hydrogens (tertiary/aromatic N) is 3. The largest absolute Gasteiger partial charge is 0.310 e. The maximum absolute atomic E-state index is 4.73. The normalized spacial score (nSPS) is 18.1. The third kappa shape index (κ3) is 4.81. The van der Waals surface area contributed by atoms with Crippen LogP contribution in [0.4, 0.5) is 0 Å². The van der Waals surface area contributed by atoms with Crippen LogP contribution in [0.5, 0.6) is 0 Å². The van der Waals surface area contributed by atoms with Crippen LogP contribution in [0.15, 0.2) is 0 Å². The van der Waals surface area contributed by atoms with Crippen molar-refractivity contribution < 1.29 is 0 Å². The van der Waals surface area contributed by atoms with Crippen molar-refractivity contribution in [1.82, 2.24) is 20.1 Å². The van der Waals surface area contributed by atoms with Crippen molar-refractivity contribution in [2.75, 3.05) is 39.8 Å². The van der Waals surface area contributed by atoms with Crippen LogP contribution in [0.3, 0.4) is 0 Å². The smallest absolute Gasteiger partial charge is 0.0944 e. The van der Waals surface area contributed by atoms with Crippen molar-refractivity contribution in [2.45, 2.75) is 39.8 Å². The average Bonchev–Trinajstić information content (AvgIpc) is 2.76. The van der Waals surface area contributed by atoms with E-state index in [-0.39, 0.29) is 0 Å². The van der Waals surface area contributed by atoms with Crippen LogP contribution in [0.25, 0.3) is 0 Å². The number of hydrogen-bond donors (Lipinski definition) is 1. The van der Waals surface area contributed by atoms with Crippen LogP contribution < -0.4 is 5.32 Å². The molecule has 0 aromatic carbocycles. The zero-order valence-corrected chi connectivity index (χ0v) is 14.1. The molecule has 1 aliphatic heterocycles. The molecule has 0 spiro atoms. The minimum atomic E-state index is 0.533. The number of likely N-dealkylation sites (N-methyl/N-ethyl adjacent to an activating group) is 1. The number of nitrogens with one attached hydrogen (secondary N) is 1. The minimum absolute atomic E-state index is 0.533. The summed E-state index contributed by atoms with van der Waals surface area (Å²) >= 11 is 1.88. The highest BCUT2D eigenvalue weighted by atomic mass is 32.1. The fourth-order valence-corrected chi connectivity index (χ4v) is 3.39. The monoisotopic (exact) mass is 296 g/mol. The lowest BCUT2D eigenvalue weighted by Gasteiger charge is -2.32. The second-order valence-corrected chi connectivity index (χ2v) is 7.21. The molecule has 1 fully saturated rings. The zero-order chi connectivity index (χ0) is 14.5. The van der Waals surface area contributed by atoms with Gasteiger partial charge in [-0.05, 0) is 14.0 Å². The van der Waals surface area contributed by atoms with E-state index in [0.29, 0.717) is 6.04 Å². The maximum atomic E-state index is 4.73. The lowest BCUT2D eigenvalue weighted by molar-refractivity contribution is 0.155. The molecule has 1 aromatic heterocycles. The molecule has 1 aliphatic rings. The summed E-state index contributed by atoms with van der Waals surface area (Å²) in [5.41, 5.74) is 1.21. The number of rotatable bonds is 6. The third-order valence-electron chi connectivity index (χ3n) is 3.85. The molecule has 0 saturated carbocycles. The summed E-state index contributed by atoms with van der Waals surface area (Å²) in [6, 6.07) is 0.533. The van der Waals surface area contributed by atoms with E-state index in [4.69, 9.17) is 4.98 Å². The second kappa shape index (κ2) is 7.50. The number of hydrogen-bond acceptors (Lipinski definition) is 5.